The van der Waals surface area contributed by atoms with E-state index in [2.05, 4.69) is 5.32 Å². The first-order valence-corrected chi connectivity index (χ1v) is 7.23. The highest BCUT2D eigenvalue weighted by molar-refractivity contribution is 5.95. The Morgan fingerprint density at radius 1 is 1.38 bits per heavy atom. The predicted octanol–water partition coefficient (Wildman–Crippen LogP) is 2.54. The van der Waals surface area contributed by atoms with Gasteiger partial charge in [-0.15, -0.1) is 0 Å². The van der Waals surface area contributed by atoms with E-state index in [4.69, 9.17) is 4.42 Å². The third kappa shape index (κ3) is 2.59. The Morgan fingerprint density at radius 2 is 2.19 bits per heavy atom. The normalized spacial score (nSPS) is 20.9. The molecule has 1 aliphatic rings. The molecule has 0 bridgehead atoms. The molecule has 0 unspecified atom stereocenters. The molecule has 2 aromatic rings. The lowest BCUT2D eigenvalue weighted by Gasteiger charge is -2.34. The molecule has 110 valence electrons. The number of carbonyl (C=O) groups excluding carboxylic acids is 1. The second kappa shape index (κ2) is 5.37. The minimum absolute atomic E-state index is 0.210. The lowest BCUT2D eigenvalue weighted by atomic mass is 9.79. The molecule has 0 spiro atoms. The summed E-state index contributed by atoms with van der Waals surface area (Å²) in [5, 5.41) is 13.7. The summed E-state index contributed by atoms with van der Waals surface area (Å²) >= 11 is 0. The zero-order valence-corrected chi connectivity index (χ0v) is 12.1. The number of aliphatic hydroxyl groups is 1. The number of hydrogen-bond donors (Lipinski definition) is 2. The average molecular weight is 285 g/mol. The Labute approximate surface area is 123 Å². The van der Waals surface area contributed by atoms with Crippen LogP contribution in [0.15, 0.2) is 41.0 Å². The second-order valence-electron chi connectivity index (χ2n) is 5.62. The lowest BCUT2D eigenvalue weighted by molar-refractivity contribution is 0.0189. The second-order valence-corrected chi connectivity index (χ2v) is 5.62. The maximum atomic E-state index is 12.1. The minimum atomic E-state index is -0.984. The van der Waals surface area contributed by atoms with E-state index in [1.165, 1.54) is 11.8 Å². The highest BCUT2D eigenvalue weighted by Crippen LogP contribution is 2.34. The summed E-state index contributed by atoms with van der Waals surface area (Å²) in [4.78, 5) is 12.1. The first-order valence-electron chi connectivity index (χ1n) is 7.23. The average Bonchev–Trinajstić information content (AvgIpc) is 2.92. The summed E-state index contributed by atoms with van der Waals surface area (Å²) in [6, 6.07) is 9.55. The molecule has 4 nitrogen and oxygen atoms in total. The van der Waals surface area contributed by atoms with Crippen LogP contribution in [0.4, 0.5) is 0 Å². The number of aryl methyl sites for hydroxylation is 2. The molecular formula is C17H19NO3. The molecule has 0 aliphatic heterocycles. The molecule has 0 radical (unpaired) electrons. The molecule has 1 aromatic carbocycles. The smallest absolute Gasteiger partial charge is 0.254 e. The van der Waals surface area contributed by atoms with Gasteiger partial charge in [0.1, 0.15) is 11.4 Å². The fraction of sp³-hybridized carbons (Fsp3) is 0.353. The van der Waals surface area contributed by atoms with Gasteiger partial charge in [-0.2, -0.15) is 0 Å². The summed E-state index contributed by atoms with van der Waals surface area (Å²) in [6.07, 6.45) is 4.06. The van der Waals surface area contributed by atoms with E-state index < -0.39 is 5.60 Å². The Kier molecular flexibility index (Phi) is 3.55. The highest BCUT2D eigenvalue weighted by Gasteiger charge is 2.34. The van der Waals surface area contributed by atoms with Gasteiger partial charge in [-0.1, -0.05) is 24.3 Å². The van der Waals surface area contributed by atoms with Gasteiger partial charge in [-0.05, 0) is 43.4 Å². The molecule has 1 atom stereocenters. The number of rotatable bonds is 3. The van der Waals surface area contributed by atoms with Gasteiger partial charge in [0, 0.05) is 0 Å². The van der Waals surface area contributed by atoms with Crippen LogP contribution in [0.5, 0.6) is 0 Å². The van der Waals surface area contributed by atoms with E-state index in [0.29, 0.717) is 17.7 Å². The van der Waals surface area contributed by atoms with Gasteiger partial charge in [0.2, 0.25) is 0 Å². The van der Waals surface area contributed by atoms with Crippen molar-refractivity contribution in [1.29, 1.82) is 0 Å². The Morgan fingerprint density at radius 3 is 2.95 bits per heavy atom. The van der Waals surface area contributed by atoms with E-state index >= 15 is 0 Å². The largest absolute Gasteiger partial charge is 0.469 e. The topological polar surface area (TPSA) is 62.5 Å². The van der Waals surface area contributed by atoms with Crippen LogP contribution in [-0.2, 0) is 12.0 Å². The number of carbonyl (C=O) groups is 1. The van der Waals surface area contributed by atoms with Gasteiger partial charge in [0.15, 0.2) is 0 Å². The van der Waals surface area contributed by atoms with Gasteiger partial charge in [0.05, 0.1) is 18.4 Å². The van der Waals surface area contributed by atoms with Crippen molar-refractivity contribution in [3.8, 4) is 0 Å². The van der Waals surface area contributed by atoms with Crippen molar-refractivity contribution in [3.05, 3.63) is 59.0 Å². The quantitative estimate of drug-likeness (QED) is 0.911. The Bertz CT molecular complexity index is 662. The molecule has 0 saturated heterocycles. The lowest BCUT2D eigenvalue weighted by Crippen LogP contribution is -2.43. The molecule has 21 heavy (non-hydrogen) atoms. The third-order valence-electron chi connectivity index (χ3n) is 4.20. The minimum Gasteiger partial charge on any atom is -0.469 e. The van der Waals surface area contributed by atoms with Crippen molar-refractivity contribution < 1.29 is 14.3 Å². The molecule has 2 N–H and O–H groups in total. The van der Waals surface area contributed by atoms with Crippen molar-refractivity contribution >= 4 is 5.91 Å². The molecule has 1 heterocycles. The van der Waals surface area contributed by atoms with Crippen LogP contribution in [-0.4, -0.2) is 17.6 Å². The zero-order valence-electron chi connectivity index (χ0n) is 12.1. The number of hydrogen-bond acceptors (Lipinski definition) is 3. The van der Waals surface area contributed by atoms with E-state index in [1.807, 2.05) is 24.3 Å². The van der Waals surface area contributed by atoms with Gasteiger partial charge in [-0.3, -0.25) is 4.79 Å². The predicted molar refractivity (Wildman–Crippen MR) is 79.1 cm³/mol. The van der Waals surface area contributed by atoms with Crippen LogP contribution in [0, 0.1) is 6.92 Å². The van der Waals surface area contributed by atoms with Gasteiger partial charge >= 0.3 is 0 Å². The first kappa shape index (κ1) is 13.9. The molecule has 0 fully saturated rings. The monoisotopic (exact) mass is 285 g/mol. The molecule has 1 amide bonds. The summed E-state index contributed by atoms with van der Waals surface area (Å²) in [6.45, 7) is 1.97. The molecule has 1 aliphatic carbocycles. The van der Waals surface area contributed by atoms with E-state index in [9.17, 15) is 9.90 Å². The first-order chi connectivity index (χ1) is 10.1. The summed E-state index contributed by atoms with van der Waals surface area (Å²) in [5.74, 6) is 0.376. The standard InChI is InChI=1S/C17H19NO3/c1-12-14(8-10-21-12)16(19)18-11-17(20)9-4-6-13-5-2-3-7-15(13)17/h2-3,5,7-8,10,20H,4,6,9,11H2,1H3,(H,18,19)/t17-/m0/s1. The molecule has 0 saturated carbocycles. The van der Waals surface area contributed by atoms with E-state index in [1.54, 1.807) is 13.0 Å². The zero-order chi connectivity index (χ0) is 14.9. The molecular weight excluding hydrogens is 266 g/mol. The number of fused-ring (bicyclic) bond motifs is 1. The maximum absolute atomic E-state index is 12.1. The maximum Gasteiger partial charge on any atom is 0.254 e. The van der Waals surface area contributed by atoms with Crippen molar-refractivity contribution in [2.45, 2.75) is 31.8 Å². The summed E-state index contributed by atoms with van der Waals surface area (Å²) in [5.41, 5.74) is 1.63. The van der Waals surface area contributed by atoms with E-state index in [0.717, 1.165) is 18.4 Å². The van der Waals surface area contributed by atoms with Gasteiger partial charge < -0.3 is 14.8 Å². The van der Waals surface area contributed by atoms with Crippen molar-refractivity contribution in [2.75, 3.05) is 6.54 Å². The Hall–Kier alpha value is -2.07. The van der Waals surface area contributed by atoms with Gasteiger partial charge in [0.25, 0.3) is 5.91 Å². The SMILES string of the molecule is Cc1occc1C(=O)NC[C@@]1(O)CCCc2ccccc21. The third-order valence-corrected chi connectivity index (χ3v) is 4.20. The number of nitrogens with one attached hydrogen (secondary N) is 1. The highest BCUT2D eigenvalue weighted by atomic mass is 16.3. The van der Waals surface area contributed by atoms with Crippen molar-refractivity contribution in [3.63, 3.8) is 0 Å². The van der Waals surface area contributed by atoms with Crippen molar-refractivity contribution in [1.82, 2.24) is 5.32 Å². The fourth-order valence-electron chi connectivity index (χ4n) is 3.02. The van der Waals surface area contributed by atoms with Crippen LogP contribution in [0.3, 0.4) is 0 Å². The summed E-state index contributed by atoms with van der Waals surface area (Å²) in [7, 11) is 0. The van der Waals surface area contributed by atoms with Crippen LogP contribution >= 0.6 is 0 Å². The molecule has 4 heteroatoms. The van der Waals surface area contributed by atoms with Crippen LogP contribution in [0.1, 0.15) is 40.1 Å². The fourth-order valence-corrected chi connectivity index (χ4v) is 3.02. The molecule has 1 aromatic heterocycles. The number of amides is 1. The molecule has 3 rings (SSSR count). The van der Waals surface area contributed by atoms with Gasteiger partial charge in [-0.25, -0.2) is 0 Å². The van der Waals surface area contributed by atoms with Crippen molar-refractivity contribution in [2.24, 2.45) is 0 Å². The van der Waals surface area contributed by atoms with Crippen LogP contribution < -0.4 is 5.32 Å². The Balaban J connectivity index is 1.76. The van der Waals surface area contributed by atoms with Crippen LogP contribution in [0.25, 0.3) is 0 Å². The number of benzene rings is 1. The summed E-state index contributed by atoms with van der Waals surface area (Å²) < 4.78 is 5.14. The van der Waals surface area contributed by atoms with E-state index in [-0.39, 0.29) is 12.5 Å². The van der Waals surface area contributed by atoms with Crippen LogP contribution in [0.2, 0.25) is 0 Å². The number of furan rings is 1.